The van der Waals surface area contributed by atoms with Gasteiger partial charge < -0.3 is 15.4 Å². The highest BCUT2D eigenvalue weighted by Crippen LogP contribution is 2.26. The molecule has 1 aliphatic rings. The normalized spacial score (nSPS) is 13.7. The third-order valence-electron chi connectivity index (χ3n) is 4.50. The van der Waals surface area contributed by atoms with E-state index in [9.17, 15) is 4.79 Å². The van der Waals surface area contributed by atoms with Gasteiger partial charge in [-0.2, -0.15) is 0 Å². The molecule has 0 spiro atoms. The number of hydrogen-bond donors (Lipinski definition) is 2. The minimum Gasteiger partial charge on any atom is -0.495 e. The molecule has 5 nitrogen and oxygen atoms in total. The molecule has 0 atom stereocenters. The standard InChI is InChI=1S/C21H25N3O2/c1-26-20-10-6-5-9-18(20)24-17-11-12-19(23-15-17)21(25)22-14-13-16-7-3-2-4-8-16/h5-7,9-12,15,24H,2-4,8,13-14H2,1H3,(H,22,25). The van der Waals surface area contributed by atoms with Crippen LogP contribution in [0.15, 0.2) is 54.2 Å². The lowest BCUT2D eigenvalue weighted by Crippen LogP contribution is -2.25. The Hall–Kier alpha value is -2.82. The molecule has 0 bridgehead atoms. The molecule has 1 aromatic heterocycles. The van der Waals surface area contributed by atoms with Gasteiger partial charge in [-0.25, -0.2) is 4.98 Å². The number of ether oxygens (including phenoxy) is 1. The number of nitrogens with one attached hydrogen (secondary N) is 2. The molecule has 5 heteroatoms. The number of aromatic nitrogens is 1. The second kappa shape index (κ2) is 9.04. The number of para-hydroxylation sites is 2. The van der Waals surface area contributed by atoms with Crippen molar-refractivity contribution in [1.29, 1.82) is 0 Å². The van der Waals surface area contributed by atoms with Crippen molar-refractivity contribution in [2.75, 3.05) is 19.0 Å². The fraction of sp³-hybridized carbons (Fsp3) is 0.333. The summed E-state index contributed by atoms with van der Waals surface area (Å²) >= 11 is 0. The van der Waals surface area contributed by atoms with Gasteiger partial charge in [0.05, 0.1) is 24.7 Å². The van der Waals surface area contributed by atoms with Crippen molar-refractivity contribution in [2.24, 2.45) is 0 Å². The summed E-state index contributed by atoms with van der Waals surface area (Å²) in [4.78, 5) is 16.5. The van der Waals surface area contributed by atoms with Crippen molar-refractivity contribution >= 4 is 17.3 Å². The first-order valence-corrected chi connectivity index (χ1v) is 9.08. The van der Waals surface area contributed by atoms with Crippen LogP contribution in [0.25, 0.3) is 0 Å². The molecule has 0 radical (unpaired) electrons. The molecule has 2 N–H and O–H groups in total. The van der Waals surface area contributed by atoms with Gasteiger partial charge in [0.1, 0.15) is 11.4 Å². The summed E-state index contributed by atoms with van der Waals surface area (Å²) in [5.41, 5.74) is 3.54. The number of rotatable bonds is 7. The van der Waals surface area contributed by atoms with Gasteiger partial charge in [0.15, 0.2) is 0 Å². The second-order valence-electron chi connectivity index (χ2n) is 6.37. The Bertz CT molecular complexity index is 769. The van der Waals surface area contributed by atoms with E-state index in [4.69, 9.17) is 4.74 Å². The average Bonchev–Trinajstić information content (AvgIpc) is 2.70. The molecule has 0 unspecified atom stereocenters. The van der Waals surface area contributed by atoms with E-state index in [0.717, 1.165) is 30.0 Å². The summed E-state index contributed by atoms with van der Waals surface area (Å²) in [5.74, 6) is 0.622. The fourth-order valence-corrected chi connectivity index (χ4v) is 3.06. The zero-order valence-electron chi connectivity index (χ0n) is 15.1. The maximum atomic E-state index is 12.2. The molecular weight excluding hydrogens is 326 g/mol. The summed E-state index contributed by atoms with van der Waals surface area (Å²) in [6.07, 6.45) is 9.79. The Labute approximate surface area is 154 Å². The maximum absolute atomic E-state index is 12.2. The summed E-state index contributed by atoms with van der Waals surface area (Å²) < 4.78 is 5.32. The highest BCUT2D eigenvalue weighted by atomic mass is 16.5. The zero-order valence-corrected chi connectivity index (χ0v) is 15.1. The van der Waals surface area contributed by atoms with E-state index in [1.54, 1.807) is 19.4 Å². The topological polar surface area (TPSA) is 63.2 Å². The van der Waals surface area contributed by atoms with E-state index in [1.807, 2.05) is 30.3 Å². The van der Waals surface area contributed by atoms with Gasteiger partial charge in [-0.3, -0.25) is 4.79 Å². The molecule has 26 heavy (non-hydrogen) atoms. The average molecular weight is 351 g/mol. The minimum atomic E-state index is -0.134. The number of carbonyl (C=O) groups excluding carboxylic acids is 1. The zero-order chi connectivity index (χ0) is 18.2. The highest BCUT2D eigenvalue weighted by Gasteiger charge is 2.09. The Balaban J connectivity index is 1.53. The first kappa shape index (κ1) is 18.0. The third-order valence-corrected chi connectivity index (χ3v) is 4.50. The number of nitrogens with zero attached hydrogens (tertiary/aromatic N) is 1. The summed E-state index contributed by atoms with van der Waals surface area (Å²) in [5, 5.41) is 6.20. The predicted octanol–water partition coefficient (Wildman–Crippen LogP) is 4.45. The molecule has 0 fully saturated rings. The Morgan fingerprint density at radius 3 is 2.81 bits per heavy atom. The second-order valence-corrected chi connectivity index (χ2v) is 6.37. The first-order chi connectivity index (χ1) is 12.8. The van der Waals surface area contributed by atoms with Gasteiger partial charge in [-0.1, -0.05) is 23.8 Å². The Kier molecular flexibility index (Phi) is 6.25. The van der Waals surface area contributed by atoms with E-state index in [1.165, 1.54) is 24.8 Å². The number of benzene rings is 1. The number of carbonyl (C=O) groups is 1. The molecule has 1 amide bonds. The number of allylic oxidation sites excluding steroid dienone is 1. The van der Waals surface area contributed by atoms with Crippen LogP contribution >= 0.6 is 0 Å². The lowest BCUT2D eigenvalue weighted by Gasteiger charge is -2.13. The lowest BCUT2D eigenvalue weighted by molar-refractivity contribution is 0.0949. The van der Waals surface area contributed by atoms with Crippen LogP contribution < -0.4 is 15.4 Å². The molecule has 2 aromatic rings. The summed E-state index contributed by atoms with van der Waals surface area (Å²) in [6, 6.07) is 11.2. The number of hydrogen-bond acceptors (Lipinski definition) is 4. The van der Waals surface area contributed by atoms with Gasteiger partial charge >= 0.3 is 0 Å². The van der Waals surface area contributed by atoms with Crippen LogP contribution in [0.1, 0.15) is 42.6 Å². The Morgan fingerprint density at radius 2 is 2.08 bits per heavy atom. The first-order valence-electron chi connectivity index (χ1n) is 9.08. The van der Waals surface area contributed by atoms with Crippen molar-refractivity contribution in [3.8, 4) is 5.75 Å². The van der Waals surface area contributed by atoms with E-state index in [2.05, 4.69) is 21.7 Å². The molecule has 3 rings (SSSR count). The number of pyridine rings is 1. The van der Waals surface area contributed by atoms with Crippen LogP contribution in [0, 0.1) is 0 Å². The number of amides is 1. The van der Waals surface area contributed by atoms with Crippen LogP contribution in [-0.2, 0) is 0 Å². The smallest absolute Gasteiger partial charge is 0.269 e. The Morgan fingerprint density at radius 1 is 1.19 bits per heavy atom. The minimum absolute atomic E-state index is 0.134. The molecule has 0 saturated heterocycles. The maximum Gasteiger partial charge on any atom is 0.269 e. The fourth-order valence-electron chi connectivity index (χ4n) is 3.06. The third kappa shape index (κ3) is 4.85. The van der Waals surface area contributed by atoms with Gasteiger partial charge in [0.2, 0.25) is 0 Å². The summed E-state index contributed by atoms with van der Waals surface area (Å²) in [7, 11) is 1.63. The quantitative estimate of drug-likeness (QED) is 0.723. The highest BCUT2D eigenvalue weighted by molar-refractivity contribution is 5.92. The van der Waals surface area contributed by atoms with Crippen molar-refractivity contribution in [1.82, 2.24) is 10.3 Å². The van der Waals surface area contributed by atoms with Crippen LogP contribution in [0.3, 0.4) is 0 Å². The molecule has 0 saturated carbocycles. The van der Waals surface area contributed by atoms with Crippen LogP contribution in [-0.4, -0.2) is 24.5 Å². The lowest BCUT2D eigenvalue weighted by atomic mass is 9.97. The molecule has 1 heterocycles. The van der Waals surface area contributed by atoms with Gasteiger partial charge in [0, 0.05) is 6.54 Å². The van der Waals surface area contributed by atoms with Crippen molar-refractivity contribution < 1.29 is 9.53 Å². The van der Waals surface area contributed by atoms with Gasteiger partial charge in [-0.05, 0) is 56.4 Å². The van der Waals surface area contributed by atoms with Crippen LogP contribution in [0.5, 0.6) is 5.75 Å². The molecule has 1 aliphatic carbocycles. The van der Waals surface area contributed by atoms with E-state index < -0.39 is 0 Å². The van der Waals surface area contributed by atoms with E-state index in [-0.39, 0.29) is 5.91 Å². The SMILES string of the molecule is COc1ccccc1Nc1ccc(C(=O)NCCC2=CCCCC2)nc1. The van der Waals surface area contributed by atoms with Gasteiger partial charge in [0.25, 0.3) is 5.91 Å². The molecule has 136 valence electrons. The van der Waals surface area contributed by atoms with Crippen LogP contribution in [0.2, 0.25) is 0 Å². The predicted molar refractivity (Wildman–Crippen MR) is 104 cm³/mol. The van der Waals surface area contributed by atoms with Crippen molar-refractivity contribution in [2.45, 2.75) is 32.1 Å². The number of methoxy groups -OCH3 is 1. The van der Waals surface area contributed by atoms with E-state index in [0.29, 0.717) is 12.2 Å². The van der Waals surface area contributed by atoms with Crippen molar-refractivity contribution in [3.05, 3.63) is 59.9 Å². The molecular formula is C21H25N3O2. The largest absolute Gasteiger partial charge is 0.495 e. The van der Waals surface area contributed by atoms with Gasteiger partial charge in [-0.15, -0.1) is 0 Å². The number of anilines is 2. The van der Waals surface area contributed by atoms with Crippen molar-refractivity contribution in [3.63, 3.8) is 0 Å². The molecule has 1 aromatic carbocycles. The van der Waals surface area contributed by atoms with Crippen LogP contribution in [0.4, 0.5) is 11.4 Å². The molecule has 0 aliphatic heterocycles. The van der Waals surface area contributed by atoms with E-state index >= 15 is 0 Å². The monoisotopic (exact) mass is 351 g/mol. The summed E-state index contributed by atoms with van der Waals surface area (Å²) in [6.45, 7) is 0.660.